The van der Waals surface area contributed by atoms with Gasteiger partial charge in [0.25, 0.3) is 0 Å². The molecule has 0 bridgehead atoms. The van der Waals surface area contributed by atoms with Gasteiger partial charge in [-0.05, 0) is 105 Å². The Morgan fingerprint density at radius 2 is 0.897 bits per heavy atom. The van der Waals surface area contributed by atoms with Crippen molar-refractivity contribution in [1.29, 1.82) is 0 Å². The van der Waals surface area contributed by atoms with Crippen LogP contribution in [0.3, 0.4) is 0 Å². The molecule has 2 aliphatic carbocycles. The number of nitrogens with one attached hydrogen (secondary N) is 2. The van der Waals surface area contributed by atoms with Crippen LogP contribution in [0.2, 0.25) is 0 Å². The van der Waals surface area contributed by atoms with E-state index in [1.165, 1.54) is 0 Å². The van der Waals surface area contributed by atoms with Gasteiger partial charge in [-0.15, -0.1) is 0 Å². The summed E-state index contributed by atoms with van der Waals surface area (Å²) in [6.07, 6.45) is 20.3. The quantitative estimate of drug-likeness (QED) is 0.0805. The SMILES string of the molecule is O=C(C1=CC(CCO)(C(=O)C2(CCO)C=C(C(=O)c3ccccc3)C(c3ccc4ccccc4c3)=CC2C2=CNC=CC2)C(C2=CNC=CC2)C=C1c1ccc2ccccc2c1)c1ccccc1. The van der Waals surface area contributed by atoms with Crippen LogP contribution in [0.4, 0.5) is 0 Å². The van der Waals surface area contributed by atoms with Gasteiger partial charge in [-0.3, -0.25) is 14.4 Å². The van der Waals surface area contributed by atoms with Crippen LogP contribution in [0.25, 0.3) is 32.7 Å². The van der Waals surface area contributed by atoms with E-state index in [1.807, 2.05) is 134 Å². The van der Waals surface area contributed by atoms with Crippen LogP contribution in [0, 0.1) is 22.7 Å². The predicted octanol–water partition coefficient (Wildman–Crippen LogP) is 11.4. The van der Waals surface area contributed by atoms with Gasteiger partial charge in [-0.2, -0.15) is 0 Å². The van der Waals surface area contributed by atoms with Crippen LogP contribution in [0.15, 0.2) is 229 Å². The Bertz CT molecular complexity index is 3010. The van der Waals surface area contributed by atoms with Crippen molar-refractivity contribution in [2.24, 2.45) is 22.7 Å². The summed E-state index contributed by atoms with van der Waals surface area (Å²) in [4.78, 5) is 47.8. The third kappa shape index (κ3) is 8.04. The fraction of sp³-hybridized carbons (Fsp3) is 0.164. The molecular formula is C61H52N2O5. The van der Waals surface area contributed by atoms with Crippen molar-refractivity contribution >= 4 is 50.0 Å². The minimum atomic E-state index is -1.56. The Labute approximate surface area is 396 Å². The smallest absolute Gasteiger partial charge is 0.193 e. The highest BCUT2D eigenvalue weighted by molar-refractivity contribution is 6.22. The first-order valence-electron chi connectivity index (χ1n) is 23.4. The Hall–Kier alpha value is -7.71. The number of rotatable bonds is 14. The van der Waals surface area contributed by atoms with Gasteiger partial charge in [0.1, 0.15) is 0 Å². The number of benzene rings is 6. The van der Waals surface area contributed by atoms with Gasteiger partial charge in [0, 0.05) is 59.7 Å². The van der Waals surface area contributed by atoms with Gasteiger partial charge in [-0.1, -0.05) is 170 Å². The largest absolute Gasteiger partial charge is 0.396 e. The van der Waals surface area contributed by atoms with E-state index in [0.717, 1.165) is 43.8 Å². The van der Waals surface area contributed by atoms with E-state index in [1.54, 1.807) is 24.3 Å². The van der Waals surface area contributed by atoms with Crippen molar-refractivity contribution in [3.63, 3.8) is 0 Å². The predicted molar refractivity (Wildman–Crippen MR) is 272 cm³/mol. The summed E-state index contributed by atoms with van der Waals surface area (Å²) in [6, 6.07) is 46.7. The molecule has 4 N–H and O–H groups in total. The van der Waals surface area contributed by atoms with E-state index in [4.69, 9.17) is 0 Å². The summed E-state index contributed by atoms with van der Waals surface area (Å²) in [7, 11) is 0. The van der Waals surface area contributed by atoms with Crippen LogP contribution in [-0.2, 0) is 4.79 Å². The molecular weight excluding hydrogens is 841 g/mol. The lowest BCUT2D eigenvalue weighted by atomic mass is 9.51. The van der Waals surface area contributed by atoms with Crippen molar-refractivity contribution in [3.8, 4) is 0 Å². The molecule has 336 valence electrons. The number of ketones is 3. The highest BCUT2D eigenvalue weighted by Crippen LogP contribution is 2.58. The standard InChI is InChI=1S/C61H52N2O5/c64-31-27-60(37-53(57(66)43-15-3-1-4-16-43)51(35-55(60)49-21-11-29-62-39-49)47-25-23-41-13-7-9-19-45(41)33-47)59(68)61(28-32-65)38-54(58(67)44-17-5-2-6-18-44)52(36-56(61)50-22-12-30-63-40-50)48-26-24-42-14-8-10-20-46(42)34-48/h1-20,23-26,29-30,33-40,55-56,62-65H,21-22,27-28,31-32H2. The number of carbonyl (C=O) groups excluding carboxylic acids is 3. The highest BCUT2D eigenvalue weighted by Gasteiger charge is 2.58. The molecule has 0 saturated carbocycles. The van der Waals surface area contributed by atoms with Crippen LogP contribution in [-0.4, -0.2) is 40.8 Å². The van der Waals surface area contributed by atoms with Crippen molar-refractivity contribution in [1.82, 2.24) is 10.6 Å². The second-order valence-electron chi connectivity index (χ2n) is 18.1. The number of aliphatic hydroxyl groups excluding tert-OH is 2. The molecule has 10 rings (SSSR count). The Morgan fingerprint density at radius 3 is 1.28 bits per heavy atom. The lowest BCUT2D eigenvalue weighted by molar-refractivity contribution is -0.139. The first kappa shape index (κ1) is 44.1. The van der Waals surface area contributed by atoms with E-state index < -0.39 is 22.7 Å². The summed E-state index contributed by atoms with van der Waals surface area (Å²) in [6.45, 7) is -0.766. The maximum absolute atomic E-state index is 17.2. The van der Waals surface area contributed by atoms with Gasteiger partial charge in [0.2, 0.25) is 0 Å². The van der Waals surface area contributed by atoms with Gasteiger partial charge >= 0.3 is 0 Å². The van der Waals surface area contributed by atoms with Crippen LogP contribution < -0.4 is 10.6 Å². The number of hydrogen-bond donors (Lipinski definition) is 4. The van der Waals surface area contributed by atoms with Gasteiger partial charge in [-0.25, -0.2) is 0 Å². The number of dihydropyridines is 2. The third-order valence-electron chi connectivity index (χ3n) is 14.2. The monoisotopic (exact) mass is 892 g/mol. The van der Waals surface area contributed by atoms with Gasteiger partial charge < -0.3 is 20.8 Å². The number of carbonyl (C=O) groups is 3. The molecule has 6 aromatic carbocycles. The molecule has 2 heterocycles. The molecule has 7 heteroatoms. The second-order valence-corrected chi connectivity index (χ2v) is 18.1. The van der Waals surface area contributed by atoms with E-state index in [2.05, 4.69) is 59.2 Å². The fourth-order valence-corrected chi connectivity index (χ4v) is 10.9. The first-order chi connectivity index (χ1) is 33.3. The van der Waals surface area contributed by atoms with Gasteiger partial charge in [0.15, 0.2) is 17.3 Å². The topological polar surface area (TPSA) is 116 Å². The summed E-state index contributed by atoms with van der Waals surface area (Å²) < 4.78 is 0. The zero-order valence-corrected chi connectivity index (χ0v) is 37.6. The van der Waals surface area contributed by atoms with E-state index in [9.17, 15) is 10.2 Å². The second kappa shape index (κ2) is 18.9. The first-order valence-corrected chi connectivity index (χ1v) is 23.4. The van der Waals surface area contributed by atoms with E-state index in [-0.39, 0.29) is 43.4 Å². The summed E-state index contributed by atoms with van der Waals surface area (Å²) in [5.74, 6) is -2.16. The molecule has 4 unspecified atom stereocenters. The average Bonchev–Trinajstić information content (AvgIpc) is 3.40. The number of fused-ring (bicyclic) bond motifs is 2. The number of hydrogen-bond acceptors (Lipinski definition) is 7. The maximum atomic E-state index is 17.2. The van der Waals surface area contributed by atoms with Crippen LogP contribution in [0.1, 0.15) is 57.5 Å². The normalized spacial score (nSPS) is 22.1. The Morgan fingerprint density at radius 1 is 0.500 bits per heavy atom. The zero-order valence-electron chi connectivity index (χ0n) is 37.6. The molecule has 2 aliphatic heterocycles. The van der Waals surface area contributed by atoms with Crippen molar-refractivity contribution in [2.45, 2.75) is 25.7 Å². The van der Waals surface area contributed by atoms with Crippen molar-refractivity contribution in [2.75, 3.05) is 13.2 Å². The highest BCUT2D eigenvalue weighted by atomic mass is 16.3. The molecule has 0 fully saturated rings. The summed E-state index contributed by atoms with van der Waals surface area (Å²) in [5, 5.41) is 33.4. The molecule has 0 radical (unpaired) electrons. The van der Waals surface area contributed by atoms with Crippen molar-refractivity contribution < 1.29 is 24.6 Å². The van der Waals surface area contributed by atoms with Crippen LogP contribution >= 0.6 is 0 Å². The molecule has 0 amide bonds. The van der Waals surface area contributed by atoms with Gasteiger partial charge in [0.05, 0.1) is 10.8 Å². The average molecular weight is 893 g/mol. The number of Topliss-reactive ketones (excluding diaryl/α,β-unsaturated/α-hetero) is 3. The lowest BCUT2D eigenvalue weighted by Crippen LogP contribution is -2.52. The maximum Gasteiger partial charge on any atom is 0.193 e. The Balaban J connectivity index is 1.25. The number of aliphatic hydroxyl groups is 2. The molecule has 4 atom stereocenters. The molecule has 68 heavy (non-hydrogen) atoms. The molecule has 0 spiro atoms. The molecule has 7 nitrogen and oxygen atoms in total. The van der Waals surface area contributed by atoms with Crippen molar-refractivity contribution in [3.05, 3.63) is 251 Å². The molecule has 6 aromatic rings. The van der Waals surface area contributed by atoms with E-state index >= 15 is 14.4 Å². The lowest BCUT2D eigenvalue weighted by Gasteiger charge is -2.50. The molecule has 4 aliphatic rings. The van der Waals surface area contributed by atoms with Crippen LogP contribution in [0.5, 0.6) is 0 Å². The molecule has 0 saturated heterocycles. The fourth-order valence-electron chi connectivity index (χ4n) is 10.9. The zero-order chi connectivity index (χ0) is 46.7. The summed E-state index contributed by atoms with van der Waals surface area (Å²) in [5.41, 5.74) is 3.25. The number of allylic oxidation sites excluding steroid dienone is 12. The minimum absolute atomic E-state index is 0.0429. The Kier molecular flexibility index (Phi) is 12.3. The third-order valence-corrected chi connectivity index (χ3v) is 14.2. The summed E-state index contributed by atoms with van der Waals surface area (Å²) >= 11 is 0. The molecule has 0 aromatic heterocycles. The minimum Gasteiger partial charge on any atom is -0.396 e. The van der Waals surface area contributed by atoms with E-state index in [0.29, 0.717) is 46.3 Å².